The Labute approximate surface area is 395 Å². The molecule has 0 spiro atoms. The Kier molecular flexibility index (Phi) is 22.1. The number of carboxylic acid groups (broad SMARTS) is 1. The lowest BCUT2D eigenvalue weighted by Crippen LogP contribution is -2.60. The summed E-state index contributed by atoms with van der Waals surface area (Å²) in [5.74, 6) is -6.36. The smallest absolute Gasteiger partial charge is 0.326 e. The van der Waals surface area contributed by atoms with E-state index in [1.165, 1.54) is 49.5 Å². The second kappa shape index (κ2) is 26.3. The third-order valence-electron chi connectivity index (χ3n) is 13.4. The molecular formula is C49H75FN6O11. The SMILES string of the molecule is CC[C@H](C)C([C@@H](CC(=O)N1CCC[C@H]1[C@H](OC)[C@@H](C)C(=O)N[C@@H](Cc1ccccc1F)C(=O)O)OC)N(C)C(=O)[C@@H](NC(=O)C(C(C)C)N(C)C(=O)CCCCCN1C(=O)C=CC1=O)C(C)C. The van der Waals surface area contributed by atoms with E-state index in [-0.39, 0.29) is 72.8 Å². The minimum Gasteiger partial charge on any atom is -0.480 e. The average molecular weight is 943 g/mol. The Hall–Kier alpha value is -5.23. The van der Waals surface area contributed by atoms with Crippen molar-refractivity contribution in [3.05, 3.63) is 47.8 Å². The van der Waals surface area contributed by atoms with E-state index in [2.05, 4.69) is 10.6 Å². The summed E-state index contributed by atoms with van der Waals surface area (Å²) in [7, 11) is 6.11. The number of nitrogens with one attached hydrogen (secondary N) is 2. The summed E-state index contributed by atoms with van der Waals surface area (Å²) >= 11 is 0. The molecule has 1 saturated heterocycles. The van der Waals surface area contributed by atoms with Crippen LogP contribution in [0.5, 0.6) is 0 Å². The molecule has 9 atom stereocenters. The quantitative estimate of drug-likeness (QED) is 0.0849. The van der Waals surface area contributed by atoms with E-state index in [4.69, 9.17) is 9.47 Å². The molecule has 67 heavy (non-hydrogen) atoms. The van der Waals surface area contributed by atoms with Crippen LogP contribution in [0.3, 0.4) is 0 Å². The van der Waals surface area contributed by atoms with Gasteiger partial charge in [0.2, 0.25) is 29.5 Å². The van der Waals surface area contributed by atoms with Crippen molar-refractivity contribution in [2.75, 3.05) is 41.4 Å². The first kappa shape index (κ1) is 56.1. The van der Waals surface area contributed by atoms with Crippen LogP contribution in [-0.4, -0.2) is 156 Å². The second-order valence-corrected chi connectivity index (χ2v) is 18.7. The van der Waals surface area contributed by atoms with Crippen LogP contribution in [0.15, 0.2) is 36.4 Å². The molecule has 374 valence electrons. The maximum Gasteiger partial charge on any atom is 0.326 e. The van der Waals surface area contributed by atoms with Crippen molar-refractivity contribution in [3.63, 3.8) is 0 Å². The third kappa shape index (κ3) is 14.9. The highest BCUT2D eigenvalue weighted by molar-refractivity contribution is 6.12. The third-order valence-corrected chi connectivity index (χ3v) is 13.4. The second-order valence-electron chi connectivity index (χ2n) is 18.7. The lowest BCUT2D eigenvalue weighted by Gasteiger charge is -2.41. The van der Waals surface area contributed by atoms with Crippen LogP contribution in [0.2, 0.25) is 0 Å². The molecule has 3 rings (SSSR count). The highest BCUT2D eigenvalue weighted by Crippen LogP contribution is 2.30. The van der Waals surface area contributed by atoms with Gasteiger partial charge in [0.1, 0.15) is 23.9 Å². The maximum atomic E-state index is 14.6. The number of hydrogen-bond acceptors (Lipinski definition) is 10. The molecule has 0 bridgehead atoms. The molecule has 17 nitrogen and oxygen atoms in total. The van der Waals surface area contributed by atoms with Gasteiger partial charge in [0.05, 0.1) is 36.6 Å². The molecule has 0 aliphatic carbocycles. The first-order chi connectivity index (χ1) is 31.6. The van der Waals surface area contributed by atoms with E-state index in [1.54, 1.807) is 36.9 Å². The molecule has 2 aliphatic heterocycles. The van der Waals surface area contributed by atoms with Crippen molar-refractivity contribution in [1.29, 1.82) is 0 Å². The van der Waals surface area contributed by atoms with Crippen LogP contribution >= 0.6 is 0 Å². The molecular weight excluding hydrogens is 868 g/mol. The van der Waals surface area contributed by atoms with E-state index >= 15 is 0 Å². The number of methoxy groups -OCH3 is 2. The molecule has 1 aromatic carbocycles. The van der Waals surface area contributed by atoms with Gasteiger partial charge < -0.3 is 39.9 Å². The average Bonchev–Trinajstić information content (AvgIpc) is 3.90. The standard InChI is InChI=1S/C49H75FN6O11/c1-12-31(6)44(54(9)48(63)42(29(2)3)52-47(62)43(30(4)5)53(8)38(57)22-14-13-17-25-56-39(58)23-24-40(56)59)37(66-10)28-41(60)55-26-18-21-36(55)45(67-11)32(7)46(61)51-35(49(64)65)27-33-19-15-16-20-34(33)50/h15-16,19-20,23-24,29-32,35-37,42-45H,12-14,17-18,21-22,25-28H2,1-11H3,(H,51,61)(H,52,62)(H,64,65)/t31-,32+,35-,36-,37+,42-,43?,44?,45+/m0/s1. The van der Waals surface area contributed by atoms with E-state index in [0.717, 1.165) is 4.90 Å². The fraction of sp³-hybridized carbons (Fsp3) is 0.673. The van der Waals surface area contributed by atoms with Crippen LogP contribution in [0, 0.1) is 29.5 Å². The number of nitrogens with zero attached hydrogens (tertiary/aromatic N) is 4. The zero-order valence-electron chi connectivity index (χ0n) is 41.3. The molecule has 2 aliphatic rings. The van der Waals surface area contributed by atoms with Gasteiger partial charge >= 0.3 is 5.97 Å². The summed E-state index contributed by atoms with van der Waals surface area (Å²) in [5.41, 5.74) is 0.142. The van der Waals surface area contributed by atoms with E-state index < -0.39 is 77.8 Å². The van der Waals surface area contributed by atoms with Gasteiger partial charge in [-0.25, -0.2) is 9.18 Å². The number of aliphatic carboxylic acids is 1. The van der Waals surface area contributed by atoms with Gasteiger partial charge in [0.25, 0.3) is 11.8 Å². The Morgan fingerprint density at radius 1 is 0.866 bits per heavy atom. The van der Waals surface area contributed by atoms with Crippen LogP contribution in [-0.2, 0) is 54.3 Å². The molecule has 0 radical (unpaired) electrons. The van der Waals surface area contributed by atoms with E-state index in [1.807, 2.05) is 41.5 Å². The lowest BCUT2D eigenvalue weighted by molar-refractivity contribution is -0.149. The fourth-order valence-electron chi connectivity index (χ4n) is 9.30. The number of amides is 7. The fourth-order valence-corrected chi connectivity index (χ4v) is 9.30. The number of halogens is 1. The Bertz CT molecular complexity index is 1910. The normalized spacial score (nSPS) is 18.6. The summed E-state index contributed by atoms with van der Waals surface area (Å²) in [4.78, 5) is 111. The Balaban J connectivity index is 1.72. The molecule has 1 aromatic rings. The molecule has 7 amide bonds. The van der Waals surface area contributed by atoms with E-state index in [9.17, 15) is 47.9 Å². The van der Waals surface area contributed by atoms with Gasteiger partial charge in [-0.1, -0.05) is 79.5 Å². The number of hydrogen-bond donors (Lipinski definition) is 3. The van der Waals surface area contributed by atoms with Crippen molar-refractivity contribution < 1.29 is 57.3 Å². The van der Waals surface area contributed by atoms with Crippen molar-refractivity contribution in [1.82, 2.24) is 30.2 Å². The predicted octanol–water partition coefficient (Wildman–Crippen LogP) is 3.97. The van der Waals surface area contributed by atoms with E-state index in [0.29, 0.717) is 45.1 Å². The highest BCUT2D eigenvalue weighted by Gasteiger charge is 2.44. The summed E-state index contributed by atoms with van der Waals surface area (Å²) in [6.45, 7) is 13.4. The summed E-state index contributed by atoms with van der Waals surface area (Å²) in [5, 5.41) is 15.4. The summed E-state index contributed by atoms with van der Waals surface area (Å²) in [6.07, 6.45) is 4.04. The van der Waals surface area contributed by atoms with Gasteiger partial charge in [-0.15, -0.1) is 0 Å². The van der Waals surface area contributed by atoms with Gasteiger partial charge in [-0.2, -0.15) is 0 Å². The highest BCUT2D eigenvalue weighted by atomic mass is 19.1. The van der Waals surface area contributed by atoms with Crippen LogP contribution in [0.1, 0.15) is 105 Å². The number of unbranched alkanes of at least 4 members (excludes halogenated alkanes) is 2. The lowest BCUT2D eigenvalue weighted by atomic mass is 9.89. The number of likely N-dealkylation sites (N-methyl/N-ethyl adjacent to an activating group) is 2. The number of likely N-dealkylation sites (tertiary alicyclic amines) is 1. The van der Waals surface area contributed by atoms with Crippen molar-refractivity contribution in [3.8, 4) is 0 Å². The van der Waals surface area contributed by atoms with Crippen LogP contribution in [0.4, 0.5) is 4.39 Å². The Morgan fingerprint density at radius 2 is 1.51 bits per heavy atom. The molecule has 2 unspecified atom stereocenters. The molecule has 3 N–H and O–H groups in total. The number of carbonyl (C=O) groups is 8. The van der Waals surface area contributed by atoms with Crippen LogP contribution in [0.25, 0.3) is 0 Å². The monoisotopic (exact) mass is 943 g/mol. The first-order valence-corrected chi connectivity index (χ1v) is 23.6. The predicted molar refractivity (Wildman–Crippen MR) is 248 cm³/mol. The number of carboxylic acids is 1. The largest absolute Gasteiger partial charge is 0.480 e. The number of ether oxygens (including phenoxy) is 2. The zero-order chi connectivity index (χ0) is 50.3. The zero-order valence-corrected chi connectivity index (χ0v) is 41.3. The topological polar surface area (TPSA) is 212 Å². The van der Waals surface area contributed by atoms with Gasteiger partial charge in [-0.3, -0.25) is 38.5 Å². The van der Waals surface area contributed by atoms with Gasteiger partial charge in [0.15, 0.2) is 0 Å². The molecule has 2 heterocycles. The van der Waals surface area contributed by atoms with Gasteiger partial charge in [0, 0.05) is 66.4 Å². The van der Waals surface area contributed by atoms with Crippen molar-refractivity contribution in [2.45, 2.75) is 149 Å². The molecule has 18 heteroatoms. The molecule has 1 fully saturated rings. The van der Waals surface area contributed by atoms with Crippen LogP contribution < -0.4 is 10.6 Å². The van der Waals surface area contributed by atoms with Gasteiger partial charge in [-0.05, 0) is 55.1 Å². The number of imide groups is 1. The number of benzene rings is 1. The minimum absolute atomic E-state index is 0.118. The molecule has 0 aromatic heterocycles. The van der Waals surface area contributed by atoms with Crippen molar-refractivity contribution >= 4 is 47.3 Å². The molecule has 0 saturated carbocycles. The number of rotatable bonds is 27. The Morgan fingerprint density at radius 3 is 2.06 bits per heavy atom. The summed E-state index contributed by atoms with van der Waals surface area (Å²) < 4.78 is 26.3. The maximum absolute atomic E-state index is 14.6. The first-order valence-electron chi connectivity index (χ1n) is 23.6. The minimum atomic E-state index is -1.41. The summed E-state index contributed by atoms with van der Waals surface area (Å²) in [6, 6.07) is 1.32. The van der Waals surface area contributed by atoms with Crippen molar-refractivity contribution in [2.24, 2.45) is 23.7 Å². The number of carbonyl (C=O) groups excluding carboxylic acids is 7.